The van der Waals surface area contributed by atoms with Gasteiger partial charge < -0.3 is 10.6 Å². The van der Waals surface area contributed by atoms with Gasteiger partial charge in [0.15, 0.2) is 0 Å². The number of alkyl halides is 6. The van der Waals surface area contributed by atoms with Crippen LogP contribution < -0.4 is 10.6 Å². The standard InChI is InChI=1S/C21H25F6N5/c1-11(20(22,23)24)28-17-30-16(31-18(32-17)29-12(2)21(25,26)27)3-4-19-8-13-5-14(9-19)7-15(6-13)10-19/h11-15H,5-10H2,1-2H3,(H2,28,29,30,31,32)/t11-,12-,13?,14?,15?,19?/m1/s1. The molecule has 0 amide bonds. The van der Waals surface area contributed by atoms with E-state index in [-0.39, 0.29) is 11.2 Å². The number of hydrogen-bond acceptors (Lipinski definition) is 5. The summed E-state index contributed by atoms with van der Waals surface area (Å²) in [5, 5.41) is 4.18. The van der Waals surface area contributed by atoms with Crippen molar-refractivity contribution in [2.45, 2.75) is 76.8 Å². The average Bonchev–Trinajstić information content (AvgIpc) is 2.64. The normalized spacial score (nSPS) is 30.9. The summed E-state index contributed by atoms with van der Waals surface area (Å²) in [6.07, 6.45) is -2.57. The van der Waals surface area contributed by atoms with Gasteiger partial charge in [-0.15, -0.1) is 0 Å². The first-order valence-corrected chi connectivity index (χ1v) is 10.8. The summed E-state index contributed by atoms with van der Waals surface area (Å²) in [7, 11) is 0. The zero-order valence-electron chi connectivity index (χ0n) is 17.7. The Morgan fingerprint density at radius 2 is 1.19 bits per heavy atom. The molecule has 4 aliphatic carbocycles. The first-order chi connectivity index (χ1) is 14.8. The van der Waals surface area contributed by atoms with E-state index >= 15 is 0 Å². The molecule has 4 fully saturated rings. The number of hydrogen-bond donors (Lipinski definition) is 2. The largest absolute Gasteiger partial charge is 0.408 e. The topological polar surface area (TPSA) is 62.7 Å². The van der Waals surface area contributed by atoms with E-state index in [1.54, 1.807) is 0 Å². The number of nitrogens with one attached hydrogen (secondary N) is 2. The summed E-state index contributed by atoms with van der Waals surface area (Å²) in [6.45, 7) is 1.74. The van der Waals surface area contributed by atoms with Crippen molar-refractivity contribution in [2.75, 3.05) is 10.6 Å². The first-order valence-electron chi connectivity index (χ1n) is 10.8. The van der Waals surface area contributed by atoms with Crippen LogP contribution in [0.25, 0.3) is 0 Å². The molecule has 1 aromatic rings. The molecule has 4 bridgehead atoms. The quantitative estimate of drug-likeness (QED) is 0.479. The molecule has 2 N–H and O–H groups in total. The zero-order valence-corrected chi connectivity index (χ0v) is 17.7. The lowest BCUT2D eigenvalue weighted by atomic mass is 9.50. The smallest absolute Gasteiger partial charge is 0.343 e. The molecule has 4 saturated carbocycles. The summed E-state index contributed by atoms with van der Waals surface area (Å²) in [5.41, 5.74) is -0.166. The second-order valence-electron chi connectivity index (χ2n) is 9.57. The lowest BCUT2D eigenvalue weighted by Crippen LogP contribution is -2.45. The second kappa shape index (κ2) is 7.96. The van der Waals surface area contributed by atoms with Crippen molar-refractivity contribution in [3.8, 4) is 11.8 Å². The third-order valence-corrected chi connectivity index (χ3v) is 6.79. The number of nitrogens with zero attached hydrogens (tertiary/aromatic N) is 3. The summed E-state index contributed by atoms with van der Waals surface area (Å²) < 4.78 is 77.7. The monoisotopic (exact) mass is 461 g/mol. The van der Waals surface area contributed by atoms with Gasteiger partial charge in [-0.3, -0.25) is 0 Å². The Labute approximate surface area is 182 Å². The average molecular weight is 461 g/mol. The van der Waals surface area contributed by atoms with E-state index in [1.807, 2.05) is 0 Å². The molecule has 0 unspecified atom stereocenters. The molecular formula is C21H25F6N5. The minimum atomic E-state index is -4.58. The Balaban J connectivity index is 1.62. The molecule has 5 nitrogen and oxygen atoms in total. The number of anilines is 2. The lowest BCUT2D eigenvalue weighted by molar-refractivity contribution is -0.139. The van der Waals surface area contributed by atoms with Crippen molar-refractivity contribution >= 4 is 11.9 Å². The number of aromatic nitrogens is 3. The van der Waals surface area contributed by atoms with Crippen molar-refractivity contribution in [2.24, 2.45) is 23.2 Å². The number of rotatable bonds is 4. The van der Waals surface area contributed by atoms with Crippen LogP contribution >= 0.6 is 0 Å². The van der Waals surface area contributed by atoms with Crippen molar-refractivity contribution in [1.29, 1.82) is 0 Å². The highest BCUT2D eigenvalue weighted by atomic mass is 19.4. The van der Waals surface area contributed by atoms with Gasteiger partial charge in [-0.05, 0) is 76.0 Å². The molecule has 0 aromatic carbocycles. The van der Waals surface area contributed by atoms with E-state index in [0.717, 1.165) is 33.1 Å². The minimum Gasteiger partial charge on any atom is -0.343 e. The predicted octanol–water partition coefficient (Wildman–Crippen LogP) is 5.16. The van der Waals surface area contributed by atoms with Crippen LogP contribution in [0.4, 0.5) is 38.2 Å². The minimum absolute atomic E-state index is 0.149. The maximum absolute atomic E-state index is 12.9. The maximum Gasteiger partial charge on any atom is 0.408 e. The van der Waals surface area contributed by atoms with Crippen molar-refractivity contribution in [3.05, 3.63) is 5.82 Å². The zero-order chi connectivity index (χ0) is 23.3. The molecular weight excluding hydrogens is 436 g/mol. The van der Waals surface area contributed by atoms with Gasteiger partial charge in [-0.25, -0.2) is 0 Å². The second-order valence-corrected chi connectivity index (χ2v) is 9.57. The third kappa shape index (κ3) is 5.04. The summed E-state index contributed by atoms with van der Waals surface area (Å²) in [6, 6.07) is -4.00. The SMILES string of the molecule is C[C@@H](Nc1nc(C#CC23CC4CC(CC(C4)C2)C3)nc(N[C@H](C)C(F)(F)F)n1)C(F)(F)F. The fraction of sp³-hybridized carbons (Fsp3) is 0.762. The summed E-state index contributed by atoms with van der Waals surface area (Å²) in [4.78, 5) is 11.6. The van der Waals surface area contributed by atoms with Crippen molar-refractivity contribution in [3.63, 3.8) is 0 Å². The molecule has 2 atom stereocenters. The van der Waals surface area contributed by atoms with Gasteiger partial charge in [0.25, 0.3) is 0 Å². The van der Waals surface area contributed by atoms with Crippen molar-refractivity contribution in [1.82, 2.24) is 15.0 Å². The van der Waals surface area contributed by atoms with Gasteiger partial charge in [0.2, 0.25) is 17.7 Å². The van der Waals surface area contributed by atoms with E-state index in [2.05, 4.69) is 37.4 Å². The molecule has 0 radical (unpaired) electrons. The summed E-state index contributed by atoms with van der Waals surface area (Å²) in [5.74, 6) is 6.94. The highest BCUT2D eigenvalue weighted by molar-refractivity contribution is 5.40. The fourth-order valence-electron chi connectivity index (χ4n) is 5.56. The van der Waals surface area contributed by atoms with Crippen LogP contribution in [0.5, 0.6) is 0 Å². The Morgan fingerprint density at radius 1 is 0.781 bits per heavy atom. The molecule has 1 heterocycles. The predicted molar refractivity (Wildman–Crippen MR) is 106 cm³/mol. The lowest BCUT2D eigenvalue weighted by Gasteiger charge is -2.54. The maximum atomic E-state index is 12.9. The van der Waals surface area contributed by atoms with Crippen LogP contribution in [0.3, 0.4) is 0 Å². The van der Waals surface area contributed by atoms with Gasteiger partial charge in [-0.2, -0.15) is 41.3 Å². The van der Waals surface area contributed by atoms with Gasteiger partial charge >= 0.3 is 12.4 Å². The Morgan fingerprint density at radius 3 is 1.56 bits per heavy atom. The first kappa shape index (κ1) is 22.9. The Hall–Kier alpha value is -2.25. The van der Waals surface area contributed by atoms with E-state index in [4.69, 9.17) is 0 Å². The van der Waals surface area contributed by atoms with Crippen LogP contribution in [-0.2, 0) is 0 Å². The molecule has 4 aliphatic rings. The van der Waals surface area contributed by atoms with Crippen LogP contribution in [0.1, 0.15) is 58.2 Å². The van der Waals surface area contributed by atoms with Crippen LogP contribution in [0.15, 0.2) is 0 Å². The Bertz CT molecular complexity index is 840. The van der Waals surface area contributed by atoms with Gasteiger partial charge in [0.05, 0.1) is 0 Å². The fourth-order valence-corrected chi connectivity index (χ4v) is 5.56. The highest BCUT2D eigenvalue weighted by Crippen LogP contribution is 2.59. The molecule has 0 saturated heterocycles. The van der Waals surface area contributed by atoms with Crippen molar-refractivity contribution < 1.29 is 26.3 Å². The molecule has 176 valence electrons. The number of halogens is 6. The van der Waals surface area contributed by atoms with E-state index < -0.39 is 36.3 Å². The van der Waals surface area contributed by atoms with E-state index in [0.29, 0.717) is 17.8 Å². The molecule has 11 heteroatoms. The molecule has 0 aliphatic heterocycles. The van der Waals surface area contributed by atoms with E-state index in [1.165, 1.54) is 19.3 Å². The van der Waals surface area contributed by atoms with Gasteiger partial charge in [-0.1, -0.05) is 5.92 Å². The van der Waals surface area contributed by atoms with Gasteiger partial charge in [0.1, 0.15) is 12.1 Å². The summed E-state index contributed by atoms with van der Waals surface area (Å²) >= 11 is 0. The molecule has 32 heavy (non-hydrogen) atoms. The third-order valence-electron chi connectivity index (χ3n) is 6.79. The van der Waals surface area contributed by atoms with Crippen LogP contribution in [0, 0.1) is 35.0 Å². The van der Waals surface area contributed by atoms with Crippen LogP contribution in [-0.4, -0.2) is 39.4 Å². The molecule has 5 rings (SSSR count). The van der Waals surface area contributed by atoms with Crippen LogP contribution in [0.2, 0.25) is 0 Å². The Kier molecular flexibility index (Phi) is 5.70. The molecule has 0 spiro atoms. The highest BCUT2D eigenvalue weighted by Gasteiger charge is 2.50. The molecule has 1 aromatic heterocycles. The van der Waals surface area contributed by atoms with Gasteiger partial charge in [0, 0.05) is 5.41 Å². The van der Waals surface area contributed by atoms with E-state index in [9.17, 15) is 26.3 Å².